The topological polar surface area (TPSA) is 87.7 Å². The van der Waals surface area contributed by atoms with Gasteiger partial charge in [-0.05, 0) is 45.4 Å². The Morgan fingerprint density at radius 2 is 1.75 bits per heavy atom. The van der Waals surface area contributed by atoms with Gasteiger partial charge in [0.05, 0.1) is 5.56 Å². The molecule has 20 heavy (non-hydrogen) atoms. The summed E-state index contributed by atoms with van der Waals surface area (Å²) in [5.41, 5.74) is 5.76. The number of ether oxygens (including phenoxy) is 1. The molecule has 0 saturated heterocycles. The maximum absolute atomic E-state index is 11.5. The fourth-order valence-electron chi connectivity index (χ4n) is 1.47. The number of carboxylic acid groups (broad SMARTS) is 1. The van der Waals surface area contributed by atoms with Crippen molar-refractivity contribution in [3.8, 4) is 0 Å². The van der Waals surface area contributed by atoms with Crippen LogP contribution in [-0.4, -0.2) is 22.8 Å². The van der Waals surface area contributed by atoms with Gasteiger partial charge in [-0.1, -0.05) is 12.1 Å². The summed E-state index contributed by atoms with van der Waals surface area (Å²) in [5.74, 6) is -0.968. The molecule has 110 valence electrons. The van der Waals surface area contributed by atoms with Crippen LogP contribution in [0.25, 0.3) is 0 Å². The molecule has 0 fully saturated rings. The standard InChI is InChI=1S/C14H20N2O4/c1-9(15-16-13(19)20-14(2,3)4)10-5-7-11(8-6-10)12(17)18/h5-9,15H,1-4H3,(H,16,19)(H,17,18). The van der Waals surface area contributed by atoms with E-state index >= 15 is 0 Å². The predicted octanol–water partition coefficient (Wildman–Crippen LogP) is 2.48. The Labute approximate surface area is 118 Å². The Morgan fingerprint density at radius 3 is 2.20 bits per heavy atom. The van der Waals surface area contributed by atoms with Gasteiger partial charge in [0.15, 0.2) is 0 Å². The largest absolute Gasteiger partial charge is 0.478 e. The number of hydrogen-bond acceptors (Lipinski definition) is 4. The van der Waals surface area contributed by atoms with Crippen molar-refractivity contribution in [3.05, 3.63) is 35.4 Å². The summed E-state index contributed by atoms with van der Waals surface area (Å²) in [6.07, 6.45) is -0.563. The molecule has 0 bridgehead atoms. The molecule has 1 atom stereocenters. The average Bonchev–Trinajstić information content (AvgIpc) is 2.34. The first-order valence-electron chi connectivity index (χ1n) is 6.27. The van der Waals surface area contributed by atoms with E-state index < -0.39 is 17.7 Å². The van der Waals surface area contributed by atoms with E-state index in [4.69, 9.17) is 9.84 Å². The van der Waals surface area contributed by atoms with Gasteiger partial charge in [-0.2, -0.15) is 0 Å². The van der Waals surface area contributed by atoms with E-state index in [1.54, 1.807) is 32.9 Å². The Morgan fingerprint density at radius 1 is 1.20 bits per heavy atom. The molecule has 0 aromatic heterocycles. The molecular weight excluding hydrogens is 260 g/mol. The zero-order chi connectivity index (χ0) is 15.3. The van der Waals surface area contributed by atoms with Crippen molar-refractivity contribution in [3.63, 3.8) is 0 Å². The summed E-state index contributed by atoms with van der Waals surface area (Å²) < 4.78 is 5.08. The normalized spacial score (nSPS) is 12.6. The number of aromatic carboxylic acids is 1. The lowest BCUT2D eigenvalue weighted by molar-refractivity contribution is 0.0489. The number of rotatable bonds is 4. The van der Waals surface area contributed by atoms with Crippen molar-refractivity contribution < 1.29 is 19.4 Å². The maximum Gasteiger partial charge on any atom is 0.422 e. The summed E-state index contributed by atoms with van der Waals surface area (Å²) in [6, 6.07) is 6.24. The molecule has 1 aromatic carbocycles. The van der Waals surface area contributed by atoms with Crippen LogP contribution < -0.4 is 10.9 Å². The van der Waals surface area contributed by atoms with Gasteiger partial charge in [0.25, 0.3) is 0 Å². The summed E-state index contributed by atoms with van der Waals surface area (Å²) in [6.45, 7) is 7.18. The SMILES string of the molecule is CC(NNC(=O)OC(C)(C)C)c1ccc(C(=O)O)cc1. The van der Waals surface area contributed by atoms with Crippen LogP contribution in [-0.2, 0) is 4.74 Å². The molecule has 0 saturated carbocycles. The smallest absolute Gasteiger partial charge is 0.422 e. The Balaban J connectivity index is 2.52. The van der Waals surface area contributed by atoms with Crippen LogP contribution in [0.2, 0.25) is 0 Å². The Kier molecular flexibility index (Phi) is 5.10. The van der Waals surface area contributed by atoms with Gasteiger partial charge in [-0.3, -0.25) is 5.43 Å². The minimum atomic E-state index is -0.968. The minimum Gasteiger partial charge on any atom is -0.478 e. The number of hydrogen-bond donors (Lipinski definition) is 3. The molecule has 0 aliphatic carbocycles. The maximum atomic E-state index is 11.5. The fraction of sp³-hybridized carbons (Fsp3) is 0.429. The Bertz CT molecular complexity index is 477. The highest BCUT2D eigenvalue weighted by molar-refractivity contribution is 5.87. The third-order valence-corrected chi connectivity index (χ3v) is 2.45. The van der Waals surface area contributed by atoms with Crippen LogP contribution in [0, 0.1) is 0 Å². The second-order valence-electron chi connectivity index (χ2n) is 5.42. The summed E-state index contributed by atoms with van der Waals surface area (Å²) in [7, 11) is 0. The number of nitrogens with one attached hydrogen (secondary N) is 2. The van der Waals surface area contributed by atoms with Gasteiger partial charge in [-0.25, -0.2) is 15.0 Å². The van der Waals surface area contributed by atoms with Crippen molar-refractivity contribution in [2.24, 2.45) is 0 Å². The number of benzene rings is 1. The van der Waals surface area contributed by atoms with E-state index in [1.165, 1.54) is 12.1 Å². The minimum absolute atomic E-state index is 0.176. The summed E-state index contributed by atoms with van der Waals surface area (Å²) in [4.78, 5) is 22.2. The summed E-state index contributed by atoms with van der Waals surface area (Å²) in [5, 5.41) is 8.81. The second-order valence-corrected chi connectivity index (χ2v) is 5.42. The second kappa shape index (κ2) is 6.38. The molecule has 0 heterocycles. The molecular formula is C14H20N2O4. The number of carbonyl (C=O) groups is 2. The monoisotopic (exact) mass is 280 g/mol. The van der Waals surface area contributed by atoms with E-state index in [2.05, 4.69) is 10.9 Å². The van der Waals surface area contributed by atoms with Crippen LogP contribution in [0.1, 0.15) is 49.7 Å². The van der Waals surface area contributed by atoms with Crippen molar-refractivity contribution in [2.45, 2.75) is 39.3 Å². The van der Waals surface area contributed by atoms with E-state index in [-0.39, 0.29) is 11.6 Å². The first kappa shape index (κ1) is 16.0. The fourth-order valence-corrected chi connectivity index (χ4v) is 1.47. The molecule has 1 aromatic rings. The van der Waals surface area contributed by atoms with E-state index in [9.17, 15) is 9.59 Å². The molecule has 1 unspecified atom stereocenters. The van der Waals surface area contributed by atoms with Gasteiger partial charge in [0.2, 0.25) is 0 Å². The Hall–Kier alpha value is -2.08. The van der Waals surface area contributed by atoms with Gasteiger partial charge in [0.1, 0.15) is 5.60 Å². The van der Waals surface area contributed by atoms with Gasteiger partial charge in [-0.15, -0.1) is 0 Å². The van der Waals surface area contributed by atoms with Crippen LogP contribution in [0.4, 0.5) is 4.79 Å². The highest BCUT2D eigenvalue weighted by Crippen LogP contribution is 2.13. The highest BCUT2D eigenvalue weighted by atomic mass is 16.6. The van der Waals surface area contributed by atoms with E-state index in [0.29, 0.717) is 0 Å². The van der Waals surface area contributed by atoms with Gasteiger partial charge in [0, 0.05) is 6.04 Å². The number of carboxylic acids is 1. The third kappa shape index (κ3) is 5.27. The molecule has 1 amide bonds. The highest BCUT2D eigenvalue weighted by Gasteiger charge is 2.16. The van der Waals surface area contributed by atoms with Crippen molar-refractivity contribution in [1.29, 1.82) is 0 Å². The molecule has 6 heteroatoms. The van der Waals surface area contributed by atoms with Crippen LogP contribution in [0.15, 0.2) is 24.3 Å². The molecule has 3 N–H and O–H groups in total. The quantitative estimate of drug-likeness (QED) is 0.737. The third-order valence-electron chi connectivity index (χ3n) is 2.45. The van der Waals surface area contributed by atoms with Crippen molar-refractivity contribution >= 4 is 12.1 Å². The first-order valence-corrected chi connectivity index (χ1v) is 6.27. The van der Waals surface area contributed by atoms with Gasteiger partial charge >= 0.3 is 12.1 Å². The van der Waals surface area contributed by atoms with Crippen molar-refractivity contribution in [1.82, 2.24) is 10.9 Å². The van der Waals surface area contributed by atoms with E-state index in [1.807, 2.05) is 6.92 Å². The number of carbonyl (C=O) groups excluding carboxylic acids is 1. The molecule has 0 spiro atoms. The van der Waals surface area contributed by atoms with E-state index in [0.717, 1.165) is 5.56 Å². The van der Waals surface area contributed by atoms with Crippen LogP contribution in [0.5, 0.6) is 0 Å². The molecule has 0 radical (unpaired) electrons. The molecule has 1 rings (SSSR count). The average molecular weight is 280 g/mol. The summed E-state index contributed by atoms with van der Waals surface area (Å²) >= 11 is 0. The number of hydrazine groups is 1. The first-order chi connectivity index (χ1) is 9.19. The molecule has 0 aliphatic rings. The molecule has 6 nitrogen and oxygen atoms in total. The zero-order valence-corrected chi connectivity index (χ0v) is 12.1. The molecule has 0 aliphatic heterocycles. The van der Waals surface area contributed by atoms with Crippen LogP contribution >= 0.6 is 0 Å². The van der Waals surface area contributed by atoms with Crippen LogP contribution in [0.3, 0.4) is 0 Å². The predicted molar refractivity (Wildman–Crippen MR) is 74.3 cm³/mol. The van der Waals surface area contributed by atoms with Gasteiger partial charge < -0.3 is 9.84 Å². The number of amides is 1. The lowest BCUT2D eigenvalue weighted by Crippen LogP contribution is -2.42. The zero-order valence-electron chi connectivity index (χ0n) is 12.1. The lowest BCUT2D eigenvalue weighted by Gasteiger charge is -2.21. The lowest BCUT2D eigenvalue weighted by atomic mass is 10.1. The van der Waals surface area contributed by atoms with Crippen molar-refractivity contribution in [2.75, 3.05) is 0 Å².